The smallest absolute Gasteiger partial charge is 0.289 e. The van der Waals surface area contributed by atoms with Gasteiger partial charge in [-0.05, 0) is 37.3 Å². The van der Waals surface area contributed by atoms with Crippen LogP contribution in [0.3, 0.4) is 0 Å². The maximum atomic E-state index is 12.4. The number of aromatic nitrogens is 2. The van der Waals surface area contributed by atoms with E-state index in [1.807, 2.05) is 19.1 Å². The predicted octanol–water partition coefficient (Wildman–Crippen LogP) is 3.50. The molecule has 0 spiro atoms. The van der Waals surface area contributed by atoms with E-state index in [2.05, 4.69) is 15.1 Å². The fourth-order valence-electron chi connectivity index (χ4n) is 3.17. The van der Waals surface area contributed by atoms with Gasteiger partial charge in [-0.15, -0.1) is 10.2 Å². The number of furan rings is 1. The average molecular weight is 387 g/mol. The Hall–Kier alpha value is -2.64. The fourth-order valence-corrected chi connectivity index (χ4v) is 3.36. The van der Waals surface area contributed by atoms with E-state index in [0.29, 0.717) is 35.7 Å². The highest BCUT2D eigenvalue weighted by Crippen LogP contribution is 2.26. The average Bonchev–Trinajstić information content (AvgIpc) is 3.39. The highest BCUT2D eigenvalue weighted by atomic mass is 35.5. The Morgan fingerprint density at radius 3 is 2.67 bits per heavy atom. The number of carbonyl (C=O) groups is 1. The molecule has 27 heavy (non-hydrogen) atoms. The minimum atomic E-state index is -0.0756. The molecule has 1 amide bonds. The summed E-state index contributed by atoms with van der Waals surface area (Å²) in [4.78, 5) is 16.4. The summed E-state index contributed by atoms with van der Waals surface area (Å²) in [6.45, 7) is 4.72. The van der Waals surface area contributed by atoms with Crippen molar-refractivity contribution in [3.63, 3.8) is 0 Å². The third kappa shape index (κ3) is 3.74. The van der Waals surface area contributed by atoms with Crippen molar-refractivity contribution in [2.75, 3.05) is 26.2 Å². The third-order valence-corrected chi connectivity index (χ3v) is 4.99. The Bertz CT molecular complexity index is 917. The minimum absolute atomic E-state index is 0.0358. The van der Waals surface area contributed by atoms with Gasteiger partial charge in [-0.1, -0.05) is 17.7 Å². The van der Waals surface area contributed by atoms with Gasteiger partial charge in [-0.3, -0.25) is 9.69 Å². The summed E-state index contributed by atoms with van der Waals surface area (Å²) in [5, 5.41) is 8.96. The summed E-state index contributed by atoms with van der Waals surface area (Å²) in [6, 6.07) is 10.7. The predicted molar refractivity (Wildman–Crippen MR) is 99.3 cm³/mol. The number of rotatable bonds is 4. The van der Waals surface area contributed by atoms with Crippen LogP contribution in [0.15, 0.2) is 51.5 Å². The molecule has 0 saturated carbocycles. The number of piperazine rings is 1. The molecule has 0 aliphatic carbocycles. The van der Waals surface area contributed by atoms with E-state index in [0.717, 1.165) is 18.7 Å². The molecule has 0 unspecified atom stereocenters. The maximum absolute atomic E-state index is 12.4. The Balaban J connectivity index is 1.40. The van der Waals surface area contributed by atoms with Crippen LogP contribution >= 0.6 is 11.6 Å². The lowest BCUT2D eigenvalue weighted by molar-refractivity contribution is 0.0531. The van der Waals surface area contributed by atoms with Crippen molar-refractivity contribution < 1.29 is 13.6 Å². The van der Waals surface area contributed by atoms with Crippen LogP contribution in [0.1, 0.15) is 29.4 Å². The van der Waals surface area contributed by atoms with Gasteiger partial charge < -0.3 is 13.7 Å². The highest BCUT2D eigenvalue weighted by molar-refractivity contribution is 6.30. The summed E-state index contributed by atoms with van der Waals surface area (Å²) in [5.74, 6) is 1.30. The quantitative estimate of drug-likeness (QED) is 0.683. The van der Waals surface area contributed by atoms with Crippen molar-refractivity contribution in [2.45, 2.75) is 13.0 Å². The first kappa shape index (κ1) is 17.8. The van der Waals surface area contributed by atoms with Crippen LogP contribution in [0.4, 0.5) is 0 Å². The summed E-state index contributed by atoms with van der Waals surface area (Å²) < 4.78 is 11.1. The second kappa shape index (κ2) is 7.54. The SMILES string of the molecule is C[C@@H](c1nnc(-c2cccc(Cl)c2)o1)N1CCN(C(=O)c2ccco2)CC1. The molecule has 140 valence electrons. The molecule has 1 aliphatic heterocycles. The van der Waals surface area contributed by atoms with Crippen molar-refractivity contribution in [1.29, 1.82) is 0 Å². The van der Waals surface area contributed by atoms with Crippen LogP contribution in [-0.2, 0) is 0 Å². The van der Waals surface area contributed by atoms with Gasteiger partial charge in [0.25, 0.3) is 5.91 Å². The lowest BCUT2D eigenvalue weighted by Crippen LogP contribution is -2.49. The Labute approximate surface area is 161 Å². The zero-order valence-corrected chi connectivity index (χ0v) is 15.6. The van der Waals surface area contributed by atoms with E-state index in [-0.39, 0.29) is 11.9 Å². The number of amides is 1. The molecular formula is C19H19ClN4O3. The fraction of sp³-hybridized carbons (Fsp3) is 0.316. The standard InChI is InChI=1S/C19H19ClN4O3/c1-13(17-21-22-18(27-17)14-4-2-5-15(20)12-14)23-7-9-24(10-8-23)19(25)16-6-3-11-26-16/h2-6,11-13H,7-10H2,1H3/t13-/m0/s1. The van der Waals surface area contributed by atoms with Gasteiger partial charge in [0.15, 0.2) is 5.76 Å². The van der Waals surface area contributed by atoms with E-state index in [9.17, 15) is 4.79 Å². The first-order valence-electron chi connectivity index (χ1n) is 8.78. The topological polar surface area (TPSA) is 75.6 Å². The number of hydrogen-bond acceptors (Lipinski definition) is 6. The molecule has 1 aliphatic rings. The minimum Gasteiger partial charge on any atom is -0.459 e. The summed E-state index contributed by atoms with van der Waals surface area (Å²) in [6.07, 6.45) is 1.51. The molecule has 7 nitrogen and oxygen atoms in total. The first-order valence-corrected chi connectivity index (χ1v) is 9.16. The number of hydrogen-bond donors (Lipinski definition) is 0. The molecule has 0 radical (unpaired) electrons. The monoisotopic (exact) mass is 386 g/mol. The lowest BCUT2D eigenvalue weighted by Gasteiger charge is -2.36. The molecule has 0 N–H and O–H groups in total. The molecule has 4 rings (SSSR count). The number of halogens is 1. The molecular weight excluding hydrogens is 368 g/mol. The van der Waals surface area contributed by atoms with E-state index in [1.54, 1.807) is 29.2 Å². The van der Waals surface area contributed by atoms with E-state index in [1.165, 1.54) is 6.26 Å². The second-order valence-electron chi connectivity index (χ2n) is 6.44. The second-order valence-corrected chi connectivity index (χ2v) is 6.87. The zero-order valence-electron chi connectivity index (χ0n) is 14.8. The Morgan fingerprint density at radius 1 is 1.15 bits per heavy atom. The zero-order chi connectivity index (χ0) is 18.8. The Morgan fingerprint density at radius 2 is 1.96 bits per heavy atom. The molecule has 1 aromatic carbocycles. The Kier molecular flexibility index (Phi) is 4.96. The molecule has 0 bridgehead atoms. The molecule has 1 saturated heterocycles. The molecule has 1 atom stereocenters. The van der Waals surface area contributed by atoms with Crippen molar-refractivity contribution in [3.05, 3.63) is 59.3 Å². The largest absolute Gasteiger partial charge is 0.459 e. The van der Waals surface area contributed by atoms with E-state index < -0.39 is 0 Å². The van der Waals surface area contributed by atoms with Crippen molar-refractivity contribution in [1.82, 2.24) is 20.0 Å². The van der Waals surface area contributed by atoms with Gasteiger partial charge in [-0.2, -0.15) is 0 Å². The normalized spacial score (nSPS) is 16.4. The van der Waals surface area contributed by atoms with Gasteiger partial charge in [0.2, 0.25) is 11.8 Å². The van der Waals surface area contributed by atoms with Crippen LogP contribution in [0, 0.1) is 0 Å². The van der Waals surface area contributed by atoms with Crippen LogP contribution < -0.4 is 0 Å². The van der Waals surface area contributed by atoms with Gasteiger partial charge in [0, 0.05) is 36.8 Å². The summed E-state index contributed by atoms with van der Waals surface area (Å²) in [5.41, 5.74) is 0.794. The molecule has 8 heteroatoms. The lowest BCUT2D eigenvalue weighted by atomic mass is 10.2. The number of carbonyl (C=O) groups excluding carboxylic acids is 1. The van der Waals surface area contributed by atoms with Crippen LogP contribution in [-0.4, -0.2) is 52.1 Å². The molecule has 1 fully saturated rings. The summed E-state index contributed by atoms with van der Waals surface area (Å²) in [7, 11) is 0. The van der Waals surface area contributed by atoms with E-state index >= 15 is 0 Å². The van der Waals surface area contributed by atoms with Gasteiger partial charge in [-0.25, -0.2) is 0 Å². The molecule has 3 heterocycles. The van der Waals surface area contributed by atoms with Crippen molar-refractivity contribution >= 4 is 17.5 Å². The van der Waals surface area contributed by atoms with Crippen LogP contribution in [0.5, 0.6) is 0 Å². The number of benzene rings is 1. The van der Waals surface area contributed by atoms with E-state index in [4.69, 9.17) is 20.4 Å². The first-order chi connectivity index (χ1) is 13.1. The van der Waals surface area contributed by atoms with Crippen LogP contribution in [0.2, 0.25) is 5.02 Å². The highest BCUT2D eigenvalue weighted by Gasteiger charge is 2.28. The van der Waals surface area contributed by atoms with Gasteiger partial charge in [0.1, 0.15) is 0 Å². The number of nitrogens with zero attached hydrogens (tertiary/aromatic N) is 4. The molecule has 3 aromatic rings. The van der Waals surface area contributed by atoms with Gasteiger partial charge >= 0.3 is 0 Å². The van der Waals surface area contributed by atoms with Crippen molar-refractivity contribution in [3.8, 4) is 11.5 Å². The summed E-state index contributed by atoms with van der Waals surface area (Å²) >= 11 is 6.03. The van der Waals surface area contributed by atoms with Crippen molar-refractivity contribution in [2.24, 2.45) is 0 Å². The van der Waals surface area contributed by atoms with Gasteiger partial charge in [0.05, 0.1) is 12.3 Å². The molecule has 2 aromatic heterocycles. The maximum Gasteiger partial charge on any atom is 0.289 e. The third-order valence-electron chi connectivity index (χ3n) is 4.75. The van der Waals surface area contributed by atoms with Crippen LogP contribution in [0.25, 0.3) is 11.5 Å².